The summed E-state index contributed by atoms with van der Waals surface area (Å²) < 4.78 is 30.7. The van der Waals surface area contributed by atoms with Crippen LogP contribution < -0.4 is 9.46 Å². The van der Waals surface area contributed by atoms with Crippen LogP contribution in [0.1, 0.15) is 10.4 Å². The number of rotatable bonds is 5. The highest BCUT2D eigenvalue weighted by atomic mass is 35.5. The molecule has 0 bridgehead atoms. The summed E-state index contributed by atoms with van der Waals surface area (Å²) in [6.45, 7) is 0. The molecule has 1 N–H and O–H groups in total. The van der Waals surface area contributed by atoms with Crippen molar-refractivity contribution >= 4 is 45.2 Å². The molecule has 0 aliphatic rings. The Labute approximate surface area is 137 Å². The number of benzene rings is 2. The van der Waals surface area contributed by atoms with Crippen LogP contribution in [-0.2, 0) is 10.0 Å². The molecule has 2 aromatic rings. The van der Waals surface area contributed by atoms with Crippen molar-refractivity contribution in [1.82, 2.24) is 0 Å². The maximum Gasteiger partial charge on any atom is 0.229 e. The van der Waals surface area contributed by atoms with Gasteiger partial charge in [0.15, 0.2) is 5.75 Å². The molecule has 5 nitrogen and oxygen atoms in total. The van der Waals surface area contributed by atoms with Gasteiger partial charge in [-0.1, -0.05) is 23.2 Å². The Morgan fingerprint density at radius 3 is 2.36 bits per heavy atom. The van der Waals surface area contributed by atoms with Gasteiger partial charge >= 0.3 is 0 Å². The minimum absolute atomic E-state index is 0.137. The molecule has 2 rings (SSSR count). The van der Waals surface area contributed by atoms with Crippen LogP contribution in [0.4, 0.5) is 5.69 Å². The molecule has 8 heteroatoms. The van der Waals surface area contributed by atoms with Crippen LogP contribution in [-0.4, -0.2) is 21.0 Å². The number of nitrogens with one attached hydrogen (secondary N) is 1. The Balaban J connectivity index is 2.43. The Hall–Kier alpha value is -1.76. The van der Waals surface area contributed by atoms with Gasteiger partial charge in [0.25, 0.3) is 0 Å². The van der Waals surface area contributed by atoms with Crippen molar-refractivity contribution in [1.29, 1.82) is 0 Å². The van der Waals surface area contributed by atoms with E-state index in [0.29, 0.717) is 22.6 Å². The smallest absolute Gasteiger partial charge is 0.229 e. The van der Waals surface area contributed by atoms with E-state index in [9.17, 15) is 13.2 Å². The van der Waals surface area contributed by atoms with Crippen molar-refractivity contribution in [3.8, 4) is 11.5 Å². The van der Waals surface area contributed by atoms with Gasteiger partial charge in [0, 0.05) is 10.6 Å². The minimum atomic E-state index is -3.53. The third kappa shape index (κ3) is 4.37. The van der Waals surface area contributed by atoms with Crippen molar-refractivity contribution in [2.45, 2.75) is 0 Å². The number of hydrogen-bond acceptors (Lipinski definition) is 4. The third-order valence-corrected chi connectivity index (χ3v) is 3.67. The van der Waals surface area contributed by atoms with Crippen LogP contribution in [0.3, 0.4) is 0 Å². The van der Waals surface area contributed by atoms with Crippen molar-refractivity contribution in [3.05, 3.63) is 52.0 Å². The molecular weight excluding hydrogens is 349 g/mol. The molecular formula is C14H11Cl2NO4S. The van der Waals surface area contributed by atoms with Gasteiger partial charge in [-0.2, -0.15) is 0 Å². The van der Waals surface area contributed by atoms with Crippen LogP contribution in [0.5, 0.6) is 11.5 Å². The fourth-order valence-corrected chi connectivity index (χ4v) is 2.67. The lowest BCUT2D eigenvalue weighted by atomic mass is 10.2. The number of carbonyl (C=O) groups is 1. The first kappa shape index (κ1) is 16.6. The molecule has 0 spiro atoms. The van der Waals surface area contributed by atoms with Crippen LogP contribution in [0.15, 0.2) is 36.4 Å². The highest BCUT2D eigenvalue weighted by molar-refractivity contribution is 7.92. The molecule has 116 valence electrons. The second-order valence-electron chi connectivity index (χ2n) is 4.42. The van der Waals surface area contributed by atoms with Crippen LogP contribution in [0.2, 0.25) is 10.0 Å². The lowest BCUT2D eigenvalue weighted by molar-refractivity contribution is 0.112. The maximum absolute atomic E-state index is 11.4. The number of anilines is 1. The largest absolute Gasteiger partial charge is 0.454 e. The van der Waals surface area contributed by atoms with E-state index in [4.69, 9.17) is 27.9 Å². The van der Waals surface area contributed by atoms with Crippen molar-refractivity contribution in [2.24, 2.45) is 0 Å². The summed E-state index contributed by atoms with van der Waals surface area (Å²) in [5.74, 6) is 0.515. The number of sulfonamides is 1. The molecule has 0 atom stereocenters. The van der Waals surface area contributed by atoms with Gasteiger partial charge in [-0.05, 0) is 36.4 Å². The van der Waals surface area contributed by atoms with Crippen LogP contribution >= 0.6 is 23.2 Å². The Morgan fingerprint density at radius 1 is 1.09 bits per heavy atom. The number of aldehydes is 1. The summed E-state index contributed by atoms with van der Waals surface area (Å²) in [4.78, 5) is 10.8. The van der Waals surface area contributed by atoms with E-state index in [1.54, 1.807) is 12.1 Å². The topological polar surface area (TPSA) is 72.5 Å². The fourth-order valence-electron chi connectivity index (χ4n) is 1.67. The molecule has 22 heavy (non-hydrogen) atoms. The van der Waals surface area contributed by atoms with Gasteiger partial charge < -0.3 is 4.74 Å². The van der Waals surface area contributed by atoms with Gasteiger partial charge in [0.05, 0.1) is 17.0 Å². The van der Waals surface area contributed by atoms with Crippen molar-refractivity contribution in [3.63, 3.8) is 0 Å². The van der Waals surface area contributed by atoms with Crippen LogP contribution in [0, 0.1) is 0 Å². The highest BCUT2D eigenvalue weighted by Crippen LogP contribution is 2.35. The molecule has 0 radical (unpaired) electrons. The number of hydrogen-bond donors (Lipinski definition) is 1. The summed E-state index contributed by atoms with van der Waals surface area (Å²) >= 11 is 11.8. The molecule has 0 aliphatic heterocycles. The summed E-state index contributed by atoms with van der Waals surface area (Å²) in [5, 5.41) is 0.723. The van der Waals surface area contributed by atoms with E-state index < -0.39 is 10.0 Å². The first-order chi connectivity index (χ1) is 10.3. The predicted octanol–water partition coefficient (Wildman–Crippen LogP) is 3.97. The highest BCUT2D eigenvalue weighted by Gasteiger charge is 2.12. The van der Waals surface area contributed by atoms with Gasteiger partial charge in [-0.25, -0.2) is 8.42 Å². The van der Waals surface area contributed by atoms with Crippen molar-refractivity contribution < 1.29 is 17.9 Å². The zero-order chi connectivity index (χ0) is 16.3. The fraction of sp³-hybridized carbons (Fsp3) is 0.0714. The third-order valence-electron chi connectivity index (χ3n) is 2.55. The van der Waals surface area contributed by atoms with Crippen molar-refractivity contribution in [2.75, 3.05) is 11.0 Å². The SMILES string of the molecule is CS(=O)(=O)Nc1cc(C=O)ccc1Oc1ccc(Cl)cc1Cl. The van der Waals surface area contributed by atoms with E-state index in [1.807, 2.05) is 0 Å². The summed E-state index contributed by atoms with van der Waals surface area (Å²) in [6.07, 6.45) is 1.60. The monoisotopic (exact) mass is 359 g/mol. The van der Waals surface area contributed by atoms with Crippen LogP contribution in [0.25, 0.3) is 0 Å². The molecule has 0 saturated carbocycles. The van der Waals surface area contributed by atoms with Gasteiger partial charge in [-0.3, -0.25) is 9.52 Å². The second-order valence-corrected chi connectivity index (χ2v) is 7.02. The number of ether oxygens (including phenoxy) is 1. The normalized spacial score (nSPS) is 11.0. The number of halogens is 2. The Morgan fingerprint density at radius 2 is 1.77 bits per heavy atom. The second kappa shape index (κ2) is 6.56. The lowest BCUT2D eigenvalue weighted by Crippen LogP contribution is -2.10. The molecule has 0 saturated heterocycles. The van der Waals surface area contributed by atoms with E-state index in [-0.39, 0.29) is 16.5 Å². The Kier molecular flexibility index (Phi) is 4.95. The standard InChI is InChI=1S/C14H11Cl2NO4S/c1-22(19,20)17-12-6-9(8-18)2-4-14(12)21-13-5-3-10(15)7-11(13)16/h2-8,17H,1H3. The van der Waals surface area contributed by atoms with E-state index in [2.05, 4.69) is 4.72 Å². The average Bonchev–Trinajstić information content (AvgIpc) is 2.41. The number of carbonyl (C=O) groups excluding carboxylic acids is 1. The molecule has 0 aromatic heterocycles. The van der Waals surface area contributed by atoms with Gasteiger partial charge in [0.2, 0.25) is 10.0 Å². The summed E-state index contributed by atoms with van der Waals surface area (Å²) in [7, 11) is -3.53. The van der Waals surface area contributed by atoms with E-state index in [0.717, 1.165) is 6.26 Å². The van der Waals surface area contributed by atoms with E-state index in [1.165, 1.54) is 24.3 Å². The summed E-state index contributed by atoms with van der Waals surface area (Å²) in [5.41, 5.74) is 0.443. The summed E-state index contributed by atoms with van der Waals surface area (Å²) in [6, 6.07) is 8.99. The molecule has 0 unspecified atom stereocenters. The molecule has 0 amide bonds. The average molecular weight is 360 g/mol. The molecule has 0 fully saturated rings. The maximum atomic E-state index is 11.4. The Bertz CT molecular complexity index is 822. The first-order valence-electron chi connectivity index (χ1n) is 5.98. The molecule has 2 aromatic carbocycles. The van der Waals surface area contributed by atoms with Gasteiger partial charge in [0.1, 0.15) is 12.0 Å². The lowest BCUT2D eigenvalue weighted by Gasteiger charge is -2.13. The minimum Gasteiger partial charge on any atom is -0.454 e. The molecule has 0 heterocycles. The quantitative estimate of drug-likeness (QED) is 0.819. The van der Waals surface area contributed by atoms with E-state index >= 15 is 0 Å². The zero-order valence-electron chi connectivity index (χ0n) is 11.3. The first-order valence-corrected chi connectivity index (χ1v) is 8.63. The molecule has 0 aliphatic carbocycles. The van der Waals surface area contributed by atoms with Gasteiger partial charge in [-0.15, -0.1) is 0 Å². The predicted molar refractivity (Wildman–Crippen MR) is 86.8 cm³/mol. The zero-order valence-corrected chi connectivity index (χ0v) is 13.7.